The van der Waals surface area contributed by atoms with Crippen LogP contribution in [0.1, 0.15) is 21.5 Å². The molecule has 0 radical (unpaired) electrons. The van der Waals surface area contributed by atoms with Crippen LogP contribution in [0.4, 0.5) is 0 Å². The van der Waals surface area contributed by atoms with Crippen LogP contribution in [0.5, 0.6) is 34.5 Å². The fourth-order valence-corrected chi connectivity index (χ4v) is 3.63. The molecule has 0 saturated heterocycles. The smallest absolute Gasteiger partial charge is 0.258 e. The first-order valence-corrected chi connectivity index (χ1v) is 11.4. The van der Waals surface area contributed by atoms with E-state index in [4.69, 9.17) is 28.4 Å². The maximum Gasteiger partial charge on any atom is 0.258 e. The van der Waals surface area contributed by atoms with Crippen molar-refractivity contribution in [1.82, 2.24) is 5.32 Å². The first-order valence-electron chi connectivity index (χ1n) is 11.4. The monoisotopic (exact) mass is 505 g/mol. The van der Waals surface area contributed by atoms with Crippen molar-refractivity contribution in [3.05, 3.63) is 77.4 Å². The van der Waals surface area contributed by atoms with Crippen LogP contribution in [-0.4, -0.2) is 46.4 Å². The van der Waals surface area contributed by atoms with Gasteiger partial charge in [0, 0.05) is 12.1 Å². The van der Waals surface area contributed by atoms with Crippen molar-refractivity contribution < 1.29 is 38.0 Å². The average molecular weight is 506 g/mol. The predicted octanol–water partition coefficient (Wildman–Crippen LogP) is 4.03. The lowest BCUT2D eigenvalue weighted by atomic mass is 10.1. The van der Waals surface area contributed by atoms with Gasteiger partial charge in [-0.25, -0.2) is 0 Å². The van der Waals surface area contributed by atoms with E-state index in [0.717, 1.165) is 11.1 Å². The van der Waals surface area contributed by atoms with E-state index >= 15 is 0 Å². The maximum absolute atomic E-state index is 12.6. The molecular formula is C28H27NO8. The van der Waals surface area contributed by atoms with Crippen molar-refractivity contribution >= 4 is 17.8 Å². The van der Waals surface area contributed by atoms with Gasteiger partial charge >= 0.3 is 0 Å². The highest BCUT2D eigenvalue weighted by molar-refractivity contribution is 6.06. The number of ketones is 1. The highest BCUT2D eigenvalue weighted by Crippen LogP contribution is 2.38. The molecule has 192 valence electrons. The van der Waals surface area contributed by atoms with Gasteiger partial charge in [0.05, 0.1) is 21.3 Å². The lowest BCUT2D eigenvalue weighted by Gasteiger charge is -2.12. The Kier molecular flexibility index (Phi) is 8.15. The molecule has 3 aromatic rings. The number of allylic oxidation sites excluding steroid dienone is 1. The Hall–Kier alpha value is -4.66. The van der Waals surface area contributed by atoms with Crippen LogP contribution in [-0.2, 0) is 11.3 Å². The molecule has 1 amide bonds. The summed E-state index contributed by atoms with van der Waals surface area (Å²) in [4.78, 5) is 24.8. The minimum absolute atomic E-state index is 0.154. The molecule has 0 spiro atoms. The van der Waals surface area contributed by atoms with Crippen molar-refractivity contribution in [2.45, 2.75) is 6.54 Å². The van der Waals surface area contributed by atoms with Crippen molar-refractivity contribution in [1.29, 1.82) is 0 Å². The van der Waals surface area contributed by atoms with Crippen molar-refractivity contribution in [3.8, 4) is 34.5 Å². The molecule has 0 aliphatic carbocycles. The van der Waals surface area contributed by atoms with E-state index < -0.39 is 0 Å². The largest absolute Gasteiger partial charge is 0.493 e. The molecule has 37 heavy (non-hydrogen) atoms. The second kappa shape index (κ2) is 11.9. The number of carbonyl (C=O) groups excluding carboxylic acids is 2. The second-order valence-corrected chi connectivity index (χ2v) is 7.93. The summed E-state index contributed by atoms with van der Waals surface area (Å²) in [6, 6.07) is 15.6. The summed E-state index contributed by atoms with van der Waals surface area (Å²) in [5.74, 6) is 2.83. The number of ether oxygens (including phenoxy) is 6. The van der Waals surface area contributed by atoms with Gasteiger partial charge in [-0.1, -0.05) is 12.1 Å². The Bertz CT molecular complexity index is 1280. The zero-order valence-electron chi connectivity index (χ0n) is 20.7. The van der Waals surface area contributed by atoms with E-state index in [-0.39, 0.29) is 25.1 Å². The molecule has 9 nitrogen and oxygen atoms in total. The maximum atomic E-state index is 12.6. The van der Waals surface area contributed by atoms with Crippen LogP contribution >= 0.6 is 0 Å². The number of hydrogen-bond donors (Lipinski definition) is 1. The minimum Gasteiger partial charge on any atom is -0.493 e. The third kappa shape index (κ3) is 6.32. The molecule has 1 aliphatic heterocycles. The third-order valence-corrected chi connectivity index (χ3v) is 5.55. The van der Waals surface area contributed by atoms with Gasteiger partial charge in [-0.15, -0.1) is 0 Å². The topological polar surface area (TPSA) is 102 Å². The lowest BCUT2D eigenvalue weighted by Crippen LogP contribution is -2.28. The van der Waals surface area contributed by atoms with E-state index in [0.29, 0.717) is 46.6 Å². The molecule has 0 atom stereocenters. The van der Waals surface area contributed by atoms with E-state index in [1.54, 1.807) is 42.5 Å². The number of hydrogen-bond acceptors (Lipinski definition) is 8. The van der Waals surface area contributed by atoms with Gasteiger partial charge in [-0.2, -0.15) is 0 Å². The average Bonchev–Trinajstić information content (AvgIpc) is 3.41. The van der Waals surface area contributed by atoms with Crippen LogP contribution in [0.15, 0.2) is 60.7 Å². The van der Waals surface area contributed by atoms with Crippen molar-refractivity contribution in [3.63, 3.8) is 0 Å². The summed E-state index contributed by atoms with van der Waals surface area (Å²) >= 11 is 0. The molecule has 1 heterocycles. The molecule has 9 heteroatoms. The third-order valence-electron chi connectivity index (χ3n) is 5.55. The van der Waals surface area contributed by atoms with E-state index in [2.05, 4.69) is 5.32 Å². The standard InChI is InChI=1S/C28H27NO8/c1-32-25-12-18(13-26(33-2)28(25)34-3)4-10-22(30)20-6-8-21(9-7-20)35-16-27(31)29-15-19-5-11-23-24(14-19)37-17-36-23/h4-14H,15-17H2,1-3H3,(H,29,31)/b10-4+. The highest BCUT2D eigenvalue weighted by Gasteiger charge is 2.14. The molecule has 0 aromatic heterocycles. The summed E-state index contributed by atoms with van der Waals surface area (Å²) in [7, 11) is 4.59. The predicted molar refractivity (Wildman–Crippen MR) is 136 cm³/mol. The van der Waals surface area contributed by atoms with Gasteiger partial charge < -0.3 is 33.7 Å². The summed E-state index contributed by atoms with van der Waals surface area (Å²) in [5, 5.41) is 2.80. The Morgan fingerprint density at radius 2 is 1.59 bits per heavy atom. The number of nitrogens with one attached hydrogen (secondary N) is 1. The van der Waals surface area contributed by atoms with Gasteiger partial charge in [0.15, 0.2) is 35.4 Å². The van der Waals surface area contributed by atoms with Gasteiger partial charge in [-0.3, -0.25) is 9.59 Å². The number of benzene rings is 3. The summed E-state index contributed by atoms with van der Waals surface area (Å²) in [5.41, 5.74) is 2.08. The fraction of sp³-hybridized carbons (Fsp3) is 0.214. The molecule has 0 unspecified atom stereocenters. The summed E-state index contributed by atoms with van der Waals surface area (Å²) in [6.07, 6.45) is 3.13. The number of rotatable bonds is 11. The Morgan fingerprint density at radius 3 is 2.27 bits per heavy atom. The van der Waals surface area contributed by atoms with Gasteiger partial charge in [0.25, 0.3) is 5.91 Å². The zero-order chi connectivity index (χ0) is 26.2. The van der Waals surface area contributed by atoms with Gasteiger partial charge in [0.2, 0.25) is 12.5 Å². The van der Waals surface area contributed by atoms with Crippen molar-refractivity contribution in [2.24, 2.45) is 0 Å². The SMILES string of the molecule is COc1cc(/C=C/C(=O)c2ccc(OCC(=O)NCc3ccc4c(c3)OCO4)cc2)cc(OC)c1OC. The van der Waals surface area contributed by atoms with Crippen molar-refractivity contribution in [2.75, 3.05) is 34.7 Å². The highest BCUT2D eigenvalue weighted by atomic mass is 16.7. The zero-order valence-corrected chi connectivity index (χ0v) is 20.7. The molecule has 1 N–H and O–H groups in total. The molecule has 3 aromatic carbocycles. The van der Waals surface area contributed by atoms with Crippen LogP contribution in [0.25, 0.3) is 6.08 Å². The van der Waals surface area contributed by atoms with Crippen LogP contribution in [0.2, 0.25) is 0 Å². The number of amides is 1. The Balaban J connectivity index is 1.28. The van der Waals surface area contributed by atoms with E-state index in [1.807, 2.05) is 18.2 Å². The number of methoxy groups -OCH3 is 3. The quantitative estimate of drug-likeness (QED) is 0.308. The first kappa shape index (κ1) is 25.4. The molecule has 4 rings (SSSR count). The van der Waals surface area contributed by atoms with Gasteiger partial charge in [0.1, 0.15) is 5.75 Å². The summed E-state index contributed by atoms with van der Waals surface area (Å²) in [6.45, 7) is 0.385. The van der Waals surface area contributed by atoms with Crippen LogP contribution < -0.4 is 33.7 Å². The summed E-state index contributed by atoms with van der Waals surface area (Å²) < 4.78 is 32.2. The van der Waals surface area contributed by atoms with Crippen LogP contribution in [0.3, 0.4) is 0 Å². The molecule has 0 bridgehead atoms. The lowest BCUT2D eigenvalue weighted by molar-refractivity contribution is -0.123. The normalized spacial score (nSPS) is 11.8. The van der Waals surface area contributed by atoms with E-state index in [9.17, 15) is 9.59 Å². The minimum atomic E-state index is -0.272. The Labute approximate surface area is 214 Å². The number of carbonyl (C=O) groups is 2. The fourth-order valence-electron chi connectivity index (χ4n) is 3.63. The Morgan fingerprint density at radius 1 is 0.892 bits per heavy atom. The molecule has 1 aliphatic rings. The first-order chi connectivity index (χ1) is 18.0. The molecule has 0 fully saturated rings. The van der Waals surface area contributed by atoms with E-state index in [1.165, 1.54) is 27.4 Å². The molecular weight excluding hydrogens is 478 g/mol. The second-order valence-electron chi connectivity index (χ2n) is 7.93. The number of fused-ring (bicyclic) bond motifs is 1. The molecule has 0 saturated carbocycles. The van der Waals surface area contributed by atoms with Gasteiger partial charge in [-0.05, 0) is 65.7 Å². The van der Waals surface area contributed by atoms with Crippen LogP contribution in [0, 0.1) is 0 Å².